The maximum atomic E-state index is 12.8. The molecule has 0 aromatic heterocycles. The molecule has 2 aliphatic rings. The minimum absolute atomic E-state index is 0.117. The zero-order chi connectivity index (χ0) is 19.0. The molecule has 2 aliphatic heterocycles. The summed E-state index contributed by atoms with van der Waals surface area (Å²) in [6.45, 7) is 3.94. The Labute approximate surface area is 158 Å². The van der Waals surface area contributed by atoms with Crippen molar-refractivity contribution in [3.8, 4) is 11.5 Å². The largest absolute Gasteiger partial charge is 0.454 e. The molecule has 0 unspecified atom stereocenters. The molecule has 140 valence electrons. The van der Waals surface area contributed by atoms with Crippen LogP contribution in [0.3, 0.4) is 0 Å². The lowest BCUT2D eigenvalue weighted by Crippen LogP contribution is -2.42. The summed E-state index contributed by atoms with van der Waals surface area (Å²) in [6.07, 6.45) is 2.03. The number of nitrogens with one attached hydrogen (secondary N) is 1. The first-order valence-corrected chi connectivity index (χ1v) is 9.12. The fourth-order valence-electron chi connectivity index (χ4n) is 3.68. The number of ketones is 1. The van der Waals surface area contributed by atoms with Gasteiger partial charge in [0, 0.05) is 23.4 Å². The summed E-state index contributed by atoms with van der Waals surface area (Å²) in [5, 5.41) is 2.88. The smallest absolute Gasteiger partial charge is 0.243 e. The molecular formula is C21H22N2O4. The van der Waals surface area contributed by atoms with Gasteiger partial charge in [-0.15, -0.1) is 0 Å². The van der Waals surface area contributed by atoms with Crippen LogP contribution in [-0.2, 0) is 11.2 Å². The predicted octanol–water partition coefficient (Wildman–Crippen LogP) is 3.40. The molecule has 0 radical (unpaired) electrons. The van der Waals surface area contributed by atoms with Crippen molar-refractivity contribution in [3.63, 3.8) is 0 Å². The van der Waals surface area contributed by atoms with Gasteiger partial charge in [0.1, 0.15) is 0 Å². The second kappa shape index (κ2) is 6.95. The first-order chi connectivity index (χ1) is 13.0. The number of carbonyl (C=O) groups excluding carboxylic acids is 2. The van der Waals surface area contributed by atoms with Crippen LogP contribution in [0.5, 0.6) is 11.5 Å². The van der Waals surface area contributed by atoms with Gasteiger partial charge in [-0.05, 0) is 44.4 Å². The van der Waals surface area contributed by atoms with Crippen molar-refractivity contribution in [2.45, 2.75) is 32.7 Å². The van der Waals surface area contributed by atoms with Crippen molar-refractivity contribution in [3.05, 3.63) is 47.5 Å². The van der Waals surface area contributed by atoms with E-state index in [4.69, 9.17) is 9.47 Å². The fraction of sp³-hybridized carbons (Fsp3) is 0.333. The summed E-state index contributed by atoms with van der Waals surface area (Å²) in [7, 11) is 0. The molecule has 2 aromatic rings. The van der Waals surface area contributed by atoms with E-state index >= 15 is 0 Å². The molecule has 2 heterocycles. The first kappa shape index (κ1) is 17.4. The molecule has 27 heavy (non-hydrogen) atoms. The van der Waals surface area contributed by atoms with Crippen molar-refractivity contribution in [2.24, 2.45) is 0 Å². The molecule has 1 N–H and O–H groups in total. The lowest BCUT2D eigenvalue weighted by atomic mass is 9.96. The lowest BCUT2D eigenvalue weighted by molar-refractivity contribution is -0.115. The maximum Gasteiger partial charge on any atom is 0.243 e. The number of hydrogen-bond acceptors (Lipinski definition) is 5. The normalized spacial score (nSPS) is 17.4. The molecule has 1 amide bonds. The Morgan fingerprint density at radius 1 is 1.19 bits per heavy atom. The van der Waals surface area contributed by atoms with Crippen LogP contribution in [0.25, 0.3) is 0 Å². The second-order valence-corrected chi connectivity index (χ2v) is 7.00. The standard InChI is InChI=1S/C21H22N2O4/c1-13-7-8-15-5-3-4-6-18(15)23(13)11-21(25)22-17-10-20-19(26-12-27-20)9-16(17)14(2)24/h3-6,9-10,13H,7-8,11-12H2,1-2H3,(H,22,25)/t13-/m0/s1. The van der Waals surface area contributed by atoms with Crippen LogP contribution in [-0.4, -0.2) is 31.1 Å². The molecule has 0 saturated carbocycles. The molecule has 0 spiro atoms. The zero-order valence-electron chi connectivity index (χ0n) is 15.5. The van der Waals surface area contributed by atoms with E-state index < -0.39 is 0 Å². The Morgan fingerprint density at radius 3 is 2.70 bits per heavy atom. The van der Waals surface area contributed by atoms with Gasteiger partial charge in [-0.1, -0.05) is 18.2 Å². The van der Waals surface area contributed by atoms with Crippen LogP contribution in [0.2, 0.25) is 0 Å². The van der Waals surface area contributed by atoms with Crippen LogP contribution in [0, 0.1) is 0 Å². The van der Waals surface area contributed by atoms with Crippen molar-refractivity contribution in [1.82, 2.24) is 0 Å². The molecule has 0 aliphatic carbocycles. The molecule has 2 aromatic carbocycles. The highest BCUT2D eigenvalue weighted by Crippen LogP contribution is 2.37. The topological polar surface area (TPSA) is 67.9 Å². The van der Waals surface area contributed by atoms with Crippen LogP contribution in [0.15, 0.2) is 36.4 Å². The highest BCUT2D eigenvalue weighted by atomic mass is 16.7. The molecule has 6 heteroatoms. The SMILES string of the molecule is CC(=O)c1cc2c(cc1NC(=O)CN1c3ccccc3CC[C@@H]1C)OCO2. The summed E-state index contributed by atoms with van der Waals surface area (Å²) in [5.41, 5.74) is 3.23. The van der Waals surface area contributed by atoms with E-state index in [1.165, 1.54) is 12.5 Å². The highest BCUT2D eigenvalue weighted by Gasteiger charge is 2.26. The third kappa shape index (κ3) is 3.35. The highest BCUT2D eigenvalue weighted by molar-refractivity contribution is 6.05. The number of ether oxygens (including phenoxy) is 2. The van der Waals surface area contributed by atoms with E-state index in [-0.39, 0.29) is 31.1 Å². The van der Waals surface area contributed by atoms with Crippen molar-refractivity contribution in [2.75, 3.05) is 23.6 Å². The van der Waals surface area contributed by atoms with Gasteiger partial charge >= 0.3 is 0 Å². The number of nitrogens with zero attached hydrogens (tertiary/aromatic N) is 1. The summed E-state index contributed by atoms with van der Waals surface area (Å²) in [6, 6.07) is 11.7. The minimum Gasteiger partial charge on any atom is -0.454 e. The number of aryl methyl sites for hydroxylation is 1. The first-order valence-electron chi connectivity index (χ1n) is 9.12. The van der Waals surface area contributed by atoms with Crippen molar-refractivity contribution in [1.29, 1.82) is 0 Å². The Hall–Kier alpha value is -3.02. The number of hydrogen-bond donors (Lipinski definition) is 1. The molecule has 4 rings (SSSR count). The Kier molecular flexibility index (Phi) is 4.48. The third-order valence-electron chi connectivity index (χ3n) is 5.14. The van der Waals surface area contributed by atoms with Crippen molar-refractivity contribution < 1.29 is 19.1 Å². The fourth-order valence-corrected chi connectivity index (χ4v) is 3.68. The summed E-state index contributed by atoms with van der Waals surface area (Å²) in [4.78, 5) is 26.9. The van der Waals surface area contributed by atoms with E-state index in [2.05, 4.69) is 29.3 Å². The Balaban J connectivity index is 1.56. The quantitative estimate of drug-likeness (QED) is 0.840. The van der Waals surface area contributed by atoms with Gasteiger partial charge in [0.05, 0.1) is 12.2 Å². The Morgan fingerprint density at radius 2 is 1.93 bits per heavy atom. The second-order valence-electron chi connectivity index (χ2n) is 7.00. The summed E-state index contributed by atoms with van der Waals surface area (Å²) >= 11 is 0. The number of para-hydroxylation sites is 1. The average molecular weight is 366 g/mol. The van der Waals surface area contributed by atoms with Crippen LogP contribution < -0.4 is 19.7 Å². The van der Waals surface area contributed by atoms with Crippen molar-refractivity contribution >= 4 is 23.1 Å². The van der Waals surface area contributed by atoms with E-state index in [9.17, 15) is 9.59 Å². The van der Waals surface area contributed by atoms with Crippen LogP contribution in [0.4, 0.5) is 11.4 Å². The van der Waals surface area contributed by atoms with E-state index in [1.807, 2.05) is 12.1 Å². The minimum atomic E-state index is -0.167. The van der Waals surface area contributed by atoms with E-state index in [0.29, 0.717) is 22.7 Å². The third-order valence-corrected chi connectivity index (χ3v) is 5.14. The number of anilines is 2. The molecule has 6 nitrogen and oxygen atoms in total. The van der Waals surface area contributed by atoms with E-state index in [1.54, 1.807) is 12.1 Å². The Bertz CT molecular complexity index is 909. The average Bonchev–Trinajstić information content (AvgIpc) is 3.10. The molecule has 0 fully saturated rings. The van der Waals surface area contributed by atoms with Gasteiger partial charge in [0.25, 0.3) is 0 Å². The van der Waals surface area contributed by atoms with Crippen LogP contribution >= 0.6 is 0 Å². The molecule has 1 atom stereocenters. The zero-order valence-corrected chi connectivity index (χ0v) is 15.5. The van der Waals surface area contributed by atoms with Crippen LogP contribution in [0.1, 0.15) is 36.2 Å². The number of amides is 1. The maximum absolute atomic E-state index is 12.8. The van der Waals surface area contributed by atoms with Gasteiger partial charge in [-0.25, -0.2) is 0 Å². The summed E-state index contributed by atoms with van der Waals surface area (Å²) < 4.78 is 10.7. The van der Waals surface area contributed by atoms with Gasteiger partial charge in [0.2, 0.25) is 12.7 Å². The molecule has 0 saturated heterocycles. The monoisotopic (exact) mass is 366 g/mol. The summed E-state index contributed by atoms with van der Waals surface area (Å²) in [5.74, 6) is 0.754. The number of rotatable bonds is 4. The van der Waals surface area contributed by atoms with Gasteiger partial charge in [0.15, 0.2) is 17.3 Å². The molecule has 0 bridgehead atoms. The molecular weight excluding hydrogens is 344 g/mol. The van der Waals surface area contributed by atoms with Gasteiger partial charge in [-0.3, -0.25) is 9.59 Å². The predicted molar refractivity (Wildman–Crippen MR) is 103 cm³/mol. The number of Topliss-reactive ketones (excluding diaryl/α,β-unsaturated/α-hetero) is 1. The number of benzene rings is 2. The number of carbonyl (C=O) groups is 2. The number of fused-ring (bicyclic) bond motifs is 2. The van der Waals surface area contributed by atoms with Gasteiger partial charge in [-0.2, -0.15) is 0 Å². The lowest BCUT2D eigenvalue weighted by Gasteiger charge is -2.36. The van der Waals surface area contributed by atoms with E-state index in [0.717, 1.165) is 18.5 Å². The van der Waals surface area contributed by atoms with Gasteiger partial charge < -0.3 is 19.7 Å².